The van der Waals surface area contributed by atoms with Gasteiger partial charge in [0.25, 0.3) is 0 Å². The third-order valence-corrected chi connectivity index (χ3v) is 9.41. The Hall–Kier alpha value is -2.93. The number of nitrogens with one attached hydrogen (secondary N) is 1. The summed E-state index contributed by atoms with van der Waals surface area (Å²) in [6.07, 6.45) is 0.207. The lowest BCUT2D eigenvalue weighted by Crippen LogP contribution is -2.44. The molecule has 1 aromatic carbocycles. The van der Waals surface area contributed by atoms with Crippen LogP contribution in [0.5, 0.6) is 0 Å². The molecule has 226 valence electrons. The highest BCUT2D eigenvalue weighted by molar-refractivity contribution is 6.32. The third kappa shape index (κ3) is 5.45. The second kappa shape index (κ2) is 11.0. The van der Waals surface area contributed by atoms with Gasteiger partial charge in [0, 0.05) is 37.7 Å². The smallest absolute Gasteiger partial charge is 0.390 e. The number of fused-ring (bicyclic) bond motifs is 2. The van der Waals surface area contributed by atoms with Gasteiger partial charge < -0.3 is 30.4 Å². The zero-order valence-corrected chi connectivity index (χ0v) is 24.1. The van der Waals surface area contributed by atoms with Gasteiger partial charge in [-0.2, -0.15) is 13.2 Å². The molecule has 5 N–H and O–H groups in total. The van der Waals surface area contributed by atoms with Crippen LogP contribution < -0.4 is 5.73 Å². The lowest BCUT2D eigenvalue weighted by atomic mass is 9.72. The molecule has 9 nitrogen and oxygen atoms in total. The van der Waals surface area contributed by atoms with E-state index >= 15 is 0 Å². The van der Waals surface area contributed by atoms with Crippen molar-refractivity contribution in [2.24, 2.45) is 17.8 Å². The second-order valence-electron chi connectivity index (χ2n) is 12.2. The maximum atomic E-state index is 13.2. The maximum Gasteiger partial charge on any atom is 0.417 e. The first-order valence-electron chi connectivity index (χ1n) is 14.3. The summed E-state index contributed by atoms with van der Waals surface area (Å²) in [6.45, 7) is 5.81. The standard InChI is InChI=1S/C29H35ClF3N7O2/c1-14(2)39(12-17-8-23(26(42)25(17)41)40-4-3-18-27(34)35-13-36-28(18)40)11-16-5-15(6-16)7-24-37-21-9-19(29(31,32)33)20(30)10-22(21)38-24/h3-4,9-10,13-17,23,25-26,41-42H,5-8,11-12H2,1-2H3,(H,37,38)(H2,34,35,36)/t15?,16?,17-,23-,25-,26+/m1/s1. The Balaban J connectivity index is 1.06. The van der Waals surface area contributed by atoms with E-state index < -0.39 is 23.9 Å². The Morgan fingerprint density at radius 3 is 2.60 bits per heavy atom. The molecular weight excluding hydrogens is 571 g/mol. The van der Waals surface area contributed by atoms with Gasteiger partial charge in [-0.05, 0) is 63.1 Å². The number of anilines is 1. The summed E-state index contributed by atoms with van der Waals surface area (Å²) in [7, 11) is 0. The van der Waals surface area contributed by atoms with Crippen LogP contribution in [0.25, 0.3) is 22.1 Å². The van der Waals surface area contributed by atoms with Gasteiger partial charge in [-0.3, -0.25) is 0 Å². The number of nitrogens with two attached hydrogens (primary N) is 1. The predicted molar refractivity (Wildman–Crippen MR) is 154 cm³/mol. The zero-order chi connectivity index (χ0) is 29.9. The molecule has 2 saturated carbocycles. The molecular formula is C29H35ClF3N7O2. The first-order chi connectivity index (χ1) is 19.9. The molecule has 3 heterocycles. The summed E-state index contributed by atoms with van der Waals surface area (Å²) in [4.78, 5) is 18.3. The first-order valence-corrected chi connectivity index (χ1v) is 14.7. The molecule has 0 unspecified atom stereocenters. The fourth-order valence-corrected chi connectivity index (χ4v) is 7.07. The van der Waals surface area contributed by atoms with Gasteiger partial charge in [0.05, 0.1) is 39.2 Å². The lowest BCUT2D eigenvalue weighted by Gasteiger charge is -2.40. The van der Waals surface area contributed by atoms with Crippen LogP contribution in [0.4, 0.5) is 19.0 Å². The molecule has 6 rings (SSSR count). The number of aliphatic hydroxyl groups excluding tert-OH is 2. The van der Waals surface area contributed by atoms with Crippen LogP contribution in [0, 0.1) is 17.8 Å². The molecule has 0 aliphatic heterocycles. The Labute approximate surface area is 245 Å². The maximum absolute atomic E-state index is 13.2. The highest BCUT2D eigenvalue weighted by Gasteiger charge is 2.44. The van der Waals surface area contributed by atoms with Crippen LogP contribution >= 0.6 is 11.6 Å². The SMILES string of the molecule is CC(C)N(CC1CC(Cc2nc3cc(Cl)c(C(F)(F)F)cc3[nH]2)C1)C[C@H]1C[C@@H](n2ccc3c(N)ncnc32)[C@H](O)[C@@H]1O. The number of aliphatic hydroxyl groups is 2. The van der Waals surface area contributed by atoms with Crippen molar-refractivity contribution in [3.63, 3.8) is 0 Å². The van der Waals surface area contributed by atoms with E-state index in [1.54, 1.807) is 0 Å². The highest BCUT2D eigenvalue weighted by atomic mass is 35.5. The largest absolute Gasteiger partial charge is 0.417 e. The van der Waals surface area contributed by atoms with E-state index in [-0.39, 0.29) is 23.0 Å². The average Bonchev–Trinajstić information content (AvgIpc) is 3.57. The number of nitrogen functional groups attached to an aromatic ring is 1. The molecule has 4 atom stereocenters. The Bertz CT molecular complexity index is 1580. The molecule has 0 amide bonds. The van der Waals surface area contributed by atoms with Crippen LogP contribution in [0.2, 0.25) is 5.02 Å². The van der Waals surface area contributed by atoms with Gasteiger partial charge in [-0.25, -0.2) is 15.0 Å². The van der Waals surface area contributed by atoms with Crippen LogP contribution in [0.1, 0.15) is 50.5 Å². The van der Waals surface area contributed by atoms with E-state index in [9.17, 15) is 23.4 Å². The minimum absolute atomic E-state index is 0.108. The van der Waals surface area contributed by atoms with Crippen LogP contribution in [-0.2, 0) is 12.6 Å². The lowest BCUT2D eigenvalue weighted by molar-refractivity contribution is -0.137. The number of nitrogens with zero attached hydrogens (tertiary/aromatic N) is 5. The van der Waals surface area contributed by atoms with Crippen LogP contribution in [0.15, 0.2) is 30.7 Å². The first kappa shape index (κ1) is 29.2. The number of alkyl halides is 3. The molecule has 2 aliphatic rings. The van der Waals surface area contributed by atoms with Gasteiger partial charge in [0.1, 0.15) is 29.7 Å². The minimum Gasteiger partial charge on any atom is -0.390 e. The number of benzene rings is 1. The van der Waals surface area contributed by atoms with Crippen LogP contribution in [0.3, 0.4) is 0 Å². The number of aromatic amines is 1. The molecule has 0 radical (unpaired) electrons. The second-order valence-corrected chi connectivity index (χ2v) is 12.7. The van der Waals surface area contributed by atoms with E-state index in [1.807, 2.05) is 16.8 Å². The normalized spacial score (nSPS) is 26.6. The van der Waals surface area contributed by atoms with Crippen molar-refractivity contribution in [3.8, 4) is 0 Å². The van der Waals surface area contributed by atoms with E-state index in [2.05, 4.69) is 38.7 Å². The summed E-state index contributed by atoms with van der Waals surface area (Å²) in [5, 5.41) is 22.4. The van der Waals surface area contributed by atoms with E-state index in [4.69, 9.17) is 17.3 Å². The van der Waals surface area contributed by atoms with Gasteiger partial charge in [-0.1, -0.05) is 11.6 Å². The van der Waals surface area contributed by atoms with Crippen molar-refractivity contribution in [1.82, 2.24) is 29.4 Å². The molecule has 13 heteroatoms. The monoisotopic (exact) mass is 605 g/mol. The predicted octanol–water partition coefficient (Wildman–Crippen LogP) is 4.82. The molecule has 2 aliphatic carbocycles. The molecule has 0 saturated heterocycles. The van der Waals surface area contributed by atoms with E-state index in [0.29, 0.717) is 59.5 Å². The number of aromatic nitrogens is 5. The molecule has 2 fully saturated rings. The number of H-pyrrole nitrogens is 1. The fourth-order valence-electron chi connectivity index (χ4n) is 6.80. The number of imidazole rings is 1. The van der Waals surface area contributed by atoms with E-state index in [1.165, 1.54) is 12.4 Å². The topological polar surface area (TPSA) is 129 Å². The number of hydrogen-bond acceptors (Lipinski definition) is 7. The highest BCUT2D eigenvalue weighted by Crippen LogP contribution is 2.41. The quantitative estimate of drug-likeness (QED) is 0.227. The van der Waals surface area contributed by atoms with Gasteiger partial charge in [-0.15, -0.1) is 0 Å². The summed E-state index contributed by atoms with van der Waals surface area (Å²) >= 11 is 5.86. The average molecular weight is 606 g/mol. The summed E-state index contributed by atoms with van der Waals surface area (Å²) < 4.78 is 41.6. The van der Waals surface area contributed by atoms with Crippen molar-refractivity contribution in [3.05, 3.63) is 47.1 Å². The van der Waals surface area contributed by atoms with Gasteiger partial charge in [0.2, 0.25) is 0 Å². The van der Waals surface area contributed by atoms with Crippen molar-refractivity contribution in [1.29, 1.82) is 0 Å². The van der Waals surface area contributed by atoms with E-state index in [0.717, 1.165) is 30.8 Å². The van der Waals surface area contributed by atoms with Crippen molar-refractivity contribution < 1.29 is 23.4 Å². The summed E-state index contributed by atoms with van der Waals surface area (Å²) in [5.41, 5.74) is 6.54. The Morgan fingerprint density at radius 1 is 1.12 bits per heavy atom. The number of rotatable bonds is 8. The molecule has 3 aromatic heterocycles. The van der Waals surface area contributed by atoms with Gasteiger partial charge >= 0.3 is 6.18 Å². The zero-order valence-electron chi connectivity index (χ0n) is 23.4. The Morgan fingerprint density at radius 2 is 1.88 bits per heavy atom. The number of hydrogen-bond donors (Lipinski definition) is 4. The van der Waals surface area contributed by atoms with Crippen molar-refractivity contribution in [2.45, 2.75) is 70.0 Å². The Kier molecular flexibility index (Phi) is 7.61. The summed E-state index contributed by atoms with van der Waals surface area (Å²) in [5.74, 6) is 1.81. The van der Waals surface area contributed by atoms with Crippen molar-refractivity contribution >= 4 is 39.5 Å². The van der Waals surface area contributed by atoms with Gasteiger partial charge in [0.15, 0.2) is 0 Å². The van der Waals surface area contributed by atoms with Crippen LogP contribution in [-0.4, -0.2) is 71.0 Å². The molecule has 42 heavy (non-hydrogen) atoms. The fraction of sp³-hybridized carbons (Fsp3) is 0.552. The number of halogens is 4. The molecule has 0 spiro atoms. The minimum atomic E-state index is -4.52. The van der Waals surface area contributed by atoms with Crippen molar-refractivity contribution in [2.75, 3.05) is 18.8 Å². The molecule has 0 bridgehead atoms. The molecule has 4 aromatic rings. The summed E-state index contributed by atoms with van der Waals surface area (Å²) in [6, 6.07) is 4.08. The third-order valence-electron chi connectivity index (χ3n) is 9.10.